The molecule has 0 heterocycles. The van der Waals surface area contributed by atoms with Crippen LogP contribution >= 0.6 is 0 Å². The van der Waals surface area contributed by atoms with E-state index >= 15 is 0 Å². The summed E-state index contributed by atoms with van der Waals surface area (Å²) in [6.07, 6.45) is -0.172. The lowest BCUT2D eigenvalue weighted by atomic mass is 10.1. The molecule has 3 rings (SSSR count). The minimum absolute atomic E-state index is 0.285. The Kier molecular flexibility index (Phi) is 7.08. The fourth-order valence-corrected chi connectivity index (χ4v) is 3.20. The Labute approximate surface area is 183 Å². The maximum absolute atomic E-state index is 12.9. The molecule has 2 N–H and O–H groups in total. The topological polar surface area (TPSA) is 67.4 Å². The van der Waals surface area contributed by atoms with Crippen molar-refractivity contribution in [3.63, 3.8) is 0 Å². The molecule has 0 fully saturated rings. The normalized spacial score (nSPS) is 11.5. The molecular weight excluding hydrogens is 388 g/mol. The van der Waals surface area contributed by atoms with Gasteiger partial charge >= 0.3 is 0 Å². The summed E-state index contributed by atoms with van der Waals surface area (Å²) < 4.78 is 5.89. The molecule has 5 heteroatoms. The van der Waals surface area contributed by atoms with Crippen molar-refractivity contribution in [1.29, 1.82) is 0 Å². The second-order valence-electron chi connectivity index (χ2n) is 7.62. The second-order valence-corrected chi connectivity index (χ2v) is 7.62. The van der Waals surface area contributed by atoms with Crippen LogP contribution in [0, 0.1) is 20.8 Å². The summed E-state index contributed by atoms with van der Waals surface area (Å²) in [5.74, 6) is 0.0602. The number of benzene rings is 3. The third-order valence-electron chi connectivity index (χ3n) is 5.13. The maximum atomic E-state index is 12.9. The van der Waals surface area contributed by atoms with Crippen LogP contribution in [-0.2, 0) is 4.79 Å². The molecule has 0 bridgehead atoms. The lowest BCUT2D eigenvalue weighted by Crippen LogP contribution is -2.33. The molecule has 0 saturated carbocycles. The van der Waals surface area contributed by atoms with Gasteiger partial charge in [0.15, 0.2) is 6.10 Å². The van der Waals surface area contributed by atoms with Gasteiger partial charge in [-0.3, -0.25) is 9.59 Å². The molecular formula is C26H28N2O3. The van der Waals surface area contributed by atoms with Crippen molar-refractivity contribution in [3.8, 4) is 5.75 Å². The predicted octanol–water partition coefficient (Wildman–Crippen LogP) is 5.66. The molecule has 0 aliphatic rings. The number of carbonyl (C=O) groups is 2. The summed E-state index contributed by atoms with van der Waals surface area (Å²) in [6.45, 7) is 7.88. The Morgan fingerprint density at radius 2 is 1.65 bits per heavy atom. The molecule has 0 aromatic heterocycles. The molecule has 1 unspecified atom stereocenters. The van der Waals surface area contributed by atoms with Gasteiger partial charge in [-0.25, -0.2) is 0 Å². The number of para-hydroxylation sites is 1. The summed E-state index contributed by atoms with van der Waals surface area (Å²) >= 11 is 0. The third-order valence-corrected chi connectivity index (χ3v) is 5.13. The van der Waals surface area contributed by atoms with Crippen LogP contribution in [0.1, 0.15) is 40.4 Å². The van der Waals surface area contributed by atoms with E-state index in [1.807, 2.05) is 70.2 Å². The Hall–Kier alpha value is -3.60. The first kappa shape index (κ1) is 22.1. The fraction of sp³-hybridized carbons (Fsp3) is 0.231. The summed E-state index contributed by atoms with van der Waals surface area (Å²) in [5, 5.41) is 5.77. The highest BCUT2D eigenvalue weighted by atomic mass is 16.5. The highest BCUT2D eigenvalue weighted by Gasteiger charge is 2.21. The lowest BCUT2D eigenvalue weighted by molar-refractivity contribution is -0.122. The number of hydrogen-bond acceptors (Lipinski definition) is 3. The number of anilines is 2. The van der Waals surface area contributed by atoms with E-state index in [1.54, 1.807) is 24.3 Å². The van der Waals surface area contributed by atoms with Crippen molar-refractivity contribution in [2.45, 2.75) is 40.2 Å². The molecule has 2 amide bonds. The van der Waals surface area contributed by atoms with Crippen molar-refractivity contribution in [2.24, 2.45) is 0 Å². The Morgan fingerprint density at radius 3 is 2.35 bits per heavy atom. The van der Waals surface area contributed by atoms with Crippen LogP contribution in [0.5, 0.6) is 5.75 Å². The SMILES string of the molecule is CCC(Oc1cccc(C)c1)C(=O)Nc1ccccc1C(=O)Nc1ccc(C)c(C)c1. The lowest BCUT2D eigenvalue weighted by Gasteiger charge is -2.19. The maximum Gasteiger partial charge on any atom is 0.265 e. The Bertz CT molecular complexity index is 1090. The summed E-state index contributed by atoms with van der Waals surface area (Å²) in [7, 11) is 0. The first-order chi connectivity index (χ1) is 14.9. The quantitative estimate of drug-likeness (QED) is 0.522. The van der Waals surface area contributed by atoms with Crippen molar-refractivity contribution < 1.29 is 14.3 Å². The number of amides is 2. The van der Waals surface area contributed by atoms with Crippen molar-refractivity contribution in [1.82, 2.24) is 0 Å². The zero-order valence-corrected chi connectivity index (χ0v) is 18.4. The van der Waals surface area contributed by atoms with Gasteiger partial charge in [-0.2, -0.15) is 0 Å². The highest BCUT2D eigenvalue weighted by Crippen LogP contribution is 2.21. The van der Waals surface area contributed by atoms with Crippen LogP contribution in [-0.4, -0.2) is 17.9 Å². The van der Waals surface area contributed by atoms with Crippen LogP contribution in [0.25, 0.3) is 0 Å². The Morgan fingerprint density at radius 1 is 0.871 bits per heavy atom. The molecule has 3 aromatic rings. The van der Waals surface area contributed by atoms with Gasteiger partial charge in [0.25, 0.3) is 11.8 Å². The molecule has 0 saturated heterocycles. The zero-order valence-electron chi connectivity index (χ0n) is 18.4. The van der Waals surface area contributed by atoms with Crippen LogP contribution in [0.4, 0.5) is 11.4 Å². The number of carbonyl (C=O) groups excluding carboxylic acids is 2. The van der Waals surface area contributed by atoms with Gasteiger partial charge in [0.1, 0.15) is 5.75 Å². The van der Waals surface area contributed by atoms with Crippen molar-refractivity contribution >= 4 is 23.2 Å². The first-order valence-corrected chi connectivity index (χ1v) is 10.4. The van der Waals surface area contributed by atoms with Crippen LogP contribution in [0.3, 0.4) is 0 Å². The summed E-state index contributed by atoms with van der Waals surface area (Å²) in [4.78, 5) is 25.8. The smallest absolute Gasteiger partial charge is 0.265 e. The van der Waals surface area contributed by atoms with Gasteiger partial charge in [0, 0.05) is 5.69 Å². The molecule has 0 aliphatic carbocycles. The van der Waals surface area contributed by atoms with E-state index in [0.717, 1.165) is 16.7 Å². The van der Waals surface area contributed by atoms with E-state index in [2.05, 4.69) is 10.6 Å². The highest BCUT2D eigenvalue weighted by molar-refractivity contribution is 6.10. The molecule has 31 heavy (non-hydrogen) atoms. The molecule has 5 nitrogen and oxygen atoms in total. The fourth-order valence-electron chi connectivity index (χ4n) is 3.20. The number of aryl methyl sites for hydroxylation is 3. The van der Waals surface area contributed by atoms with E-state index < -0.39 is 6.10 Å². The zero-order chi connectivity index (χ0) is 22.4. The monoisotopic (exact) mass is 416 g/mol. The molecule has 1 atom stereocenters. The number of rotatable bonds is 7. The largest absolute Gasteiger partial charge is 0.481 e. The minimum Gasteiger partial charge on any atom is -0.481 e. The van der Waals surface area contributed by atoms with E-state index in [9.17, 15) is 9.59 Å². The van der Waals surface area contributed by atoms with Crippen LogP contribution < -0.4 is 15.4 Å². The number of nitrogens with one attached hydrogen (secondary N) is 2. The van der Waals surface area contributed by atoms with E-state index in [-0.39, 0.29) is 11.8 Å². The van der Waals surface area contributed by atoms with E-state index in [4.69, 9.17) is 4.74 Å². The molecule has 160 valence electrons. The molecule has 0 aliphatic heterocycles. The van der Waals surface area contributed by atoms with Gasteiger partial charge in [0.05, 0.1) is 11.3 Å². The molecule has 0 spiro atoms. The molecule has 3 aromatic carbocycles. The average Bonchev–Trinajstić information content (AvgIpc) is 2.75. The van der Waals surface area contributed by atoms with E-state index in [0.29, 0.717) is 29.1 Å². The second kappa shape index (κ2) is 9.94. The van der Waals surface area contributed by atoms with Gasteiger partial charge in [-0.05, 0) is 80.3 Å². The predicted molar refractivity (Wildman–Crippen MR) is 125 cm³/mol. The first-order valence-electron chi connectivity index (χ1n) is 10.4. The van der Waals surface area contributed by atoms with Gasteiger partial charge in [0.2, 0.25) is 0 Å². The van der Waals surface area contributed by atoms with Crippen molar-refractivity contribution in [2.75, 3.05) is 10.6 Å². The minimum atomic E-state index is -0.669. The van der Waals surface area contributed by atoms with Gasteiger partial charge < -0.3 is 15.4 Å². The Balaban J connectivity index is 1.74. The standard InChI is InChI=1S/C26H28N2O3/c1-5-24(31-21-10-8-9-17(2)15-21)26(30)28-23-12-7-6-11-22(23)25(29)27-20-14-13-18(3)19(4)16-20/h6-16,24H,5H2,1-4H3,(H,27,29)(H,28,30). The molecule has 0 radical (unpaired) electrons. The van der Waals surface area contributed by atoms with Crippen molar-refractivity contribution in [3.05, 3.63) is 89.0 Å². The number of hydrogen-bond donors (Lipinski definition) is 2. The van der Waals surface area contributed by atoms with Gasteiger partial charge in [-0.15, -0.1) is 0 Å². The summed E-state index contributed by atoms with van der Waals surface area (Å²) in [5.41, 5.74) is 4.85. The van der Waals surface area contributed by atoms with Gasteiger partial charge in [-0.1, -0.05) is 37.3 Å². The third kappa shape index (κ3) is 5.72. The van der Waals surface area contributed by atoms with E-state index in [1.165, 1.54) is 0 Å². The number of ether oxygens (including phenoxy) is 1. The average molecular weight is 417 g/mol. The summed E-state index contributed by atoms with van der Waals surface area (Å²) in [6, 6.07) is 20.3. The van der Waals surface area contributed by atoms with Crippen LogP contribution in [0.15, 0.2) is 66.7 Å². The van der Waals surface area contributed by atoms with Crippen LogP contribution in [0.2, 0.25) is 0 Å².